The Morgan fingerprint density at radius 2 is 1.87 bits per heavy atom. The number of aliphatic hydroxyl groups excluding tert-OH is 1. The lowest BCUT2D eigenvalue weighted by Gasteiger charge is -2.26. The fourth-order valence-electron chi connectivity index (χ4n) is 2.73. The normalized spacial score (nSPS) is 19.2. The van der Waals surface area contributed by atoms with E-state index in [9.17, 15) is 9.90 Å². The van der Waals surface area contributed by atoms with Gasteiger partial charge in [0.15, 0.2) is 11.5 Å². The Kier molecular flexibility index (Phi) is 3.16. The predicted molar refractivity (Wildman–Crippen MR) is 83.6 cm³/mol. The van der Waals surface area contributed by atoms with E-state index in [0.29, 0.717) is 22.2 Å². The van der Waals surface area contributed by atoms with E-state index in [2.05, 4.69) is 6.08 Å². The first-order valence-electron chi connectivity index (χ1n) is 6.94. The first-order chi connectivity index (χ1) is 11.1. The lowest BCUT2D eigenvalue weighted by atomic mass is 10.0. The number of carbonyl (C=O) groups excluding carboxylic acids is 1. The van der Waals surface area contributed by atoms with Gasteiger partial charge in [0.05, 0.1) is 6.08 Å². The van der Waals surface area contributed by atoms with Crippen molar-refractivity contribution in [3.05, 3.63) is 64.9 Å². The topological polar surface area (TPSA) is 59.0 Å². The molecule has 0 saturated heterocycles. The van der Waals surface area contributed by atoms with Crippen molar-refractivity contribution < 1.29 is 19.4 Å². The van der Waals surface area contributed by atoms with Gasteiger partial charge in [-0.25, -0.2) is 0 Å². The Morgan fingerprint density at radius 3 is 2.65 bits per heavy atom. The SMILES string of the molecule is O=C1[C]=C(O)C(c2ccc(Cl)cc2)N1c1ccc2c(c1)OCO2. The number of ether oxygens (including phenoxy) is 2. The van der Waals surface area contributed by atoms with Crippen LogP contribution < -0.4 is 14.4 Å². The number of carbonyl (C=O) groups is 1. The molecule has 2 aromatic rings. The number of amides is 1. The average Bonchev–Trinajstić information content (AvgIpc) is 3.11. The fourth-order valence-corrected chi connectivity index (χ4v) is 2.86. The third-order valence-electron chi connectivity index (χ3n) is 3.79. The number of aliphatic hydroxyl groups is 1. The summed E-state index contributed by atoms with van der Waals surface area (Å²) in [6.07, 6.45) is 2.45. The first-order valence-corrected chi connectivity index (χ1v) is 7.32. The van der Waals surface area contributed by atoms with Gasteiger partial charge in [0.25, 0.3) is 5.91 Å². The molecule has 115 valence electrons. The third-order valence-corrected chi connectivity index (χ3v) is 4.04. The number of nitrogens with zero attached hydrogens (tertiary/aromatic N) is 1. The maximum atomic E-state index is 12.3. The third kappa shape index (κ3) is 2.29. The molecule has 6 heteroatoms. The highest BCUT2D eigenvalue weighted by atomic mass is 35.5. The van der Waals surface area contributed by atoms with Crippen molar-refractivity contribution >= 4 is 23.2 Å². The van der Waals surface area contributed by atoms with E-state index in [0.717, 1.165) is 5.56 Å². The van der Waals surface area contributed by atoms with Gasteiger partial charge in [-0.05, 0) is 29.8 Å². The largest absolute Gasteiger partial charge is 0.509 e. The van der Waals surface area contributed by atoms with Gasteiger partial charge < -0.3 is 14.6 Å². The fraction of sp³-hybridized carbons (Fsp3) is 0.118. The van der Waals surface area contributed by atoms with Crippen molar-refractivity contribution in [1.29, 1.82) is 0 Å². The zero-order valence-electron chi connectivity index (χ0n) is 11.8. The van der Waals surface area contributed by atoms with Crippen LogP contribution in [0.25, 0.3) is 0 Å². The quantitative estimate of drug-likeness (QED) is 0.918. The Hall–Kier alpha value is -2.66. The Bertz CT molecular complexity index is 816. The van der Waals surface area contributed by atoms with Crippen LogP contribution in [0.3, 0.4) is 0 Å². The number of fused-ring (bicyclic) bond motifs is 1. The van der Waals surface area contributed by atoms with E-state index in [4.69, 9.17) is 21.1 Å². The summed E-state index contributed by atoms with van der Waals surface area (Å²) >= 11 is 5.90. The summed E-state index contributed by atoms with van der Waals surface area (Å²) in [7, 11) is 0. The number of rotatable bonds is 2. The van der Waals surface area contributed by atoms with Gasteiger partial charge in [-0.3, -0.25) is 9.69 Å². The summed E-state index contributed by atoms with van der Waals surface area (Å²) < 4.78 is 10.6. The molecule has 1 atom stereocenters. The Balaban J connectivity index is 1.76. The maximum absolute atomic E-state index is 12.3. The van der Waals surface area contributed by atoms with E-state index in [1.165, 1.54) is 4.90 Å². The molecule has 4 rings (SSSR count). The molecule has 1 amide bonds. The summed E-state index contributed by atoms with van der Waals surface area (Å²) in [6, 6.07) is 11.5. The maximum Gasteiger partial charge on any atom is 0.263 e. The number of halogens is 1. The van der Waals surface area contributed by atoms with E-state index in [1.807, 2.05) is 0 Å². The molecule has 0 spiro atoms. The average molecular weight is 329 g/mol. The molecule has 1 unspecified atom stereocenters. The second kappa shape index (κ2) is 5.21. The van der Waals surface area contributed by atoms with Crippen molar-refractivity contribution in [2.45, 2.75) is 6.04 Å². The second-order valence-corrected chi connectivity index (χ2v) is 5.61. The Morgan fingerprint density at radius 1 is 1.13 bits per heavy atom. The molecule has 2 aliphatic rings. The molecule has 23 heavy (non-hydrogen) atoms. The highest BCUT2D eigenvalue weighted by Gasteiger charge is 2.36. The van der Waals surface area contributed by atoms with Crippen molar-refractivity contribution in [3.63, 3.8) is 0 Å². The standard InChI is InChI=1S/C17H11ClNO4/c18-11-3-1-10(2-4-11)17-13(20)8-16(21)19(17)12-5-6-14-15(7-12)23-9-22-14/h1-7,17,20H,9H2. The second-order valence-electron chi connectivity index (χ2n) is 5.18. The van der Waals surface area contributed by atoms with E-state index in [1.54, 1.807) is 42.5 Å². The molecule has 1 radical (unpaired) electrons. The predicted octanol–water partition coefficient (Wildman–Crippen LogP) is 3.40. The van der Waals surface area contributed by atoms with Crippen LogP contribution in [-0.2, 0) is 4.79 Å². The molecule has 2 aliphatic heterocycles. The summed E-state index contributed by atoms with van der Waals surface area (Å²) in [5.74, 6) is 0.650. The molecule has 0 aromatic heterocycles. The van der Waals surface area contributed by atoms with Gasteiger partial charge in [0.1, 0.15) is 11.8 Å². The van der Waals surface area contributed by atoms with Crippen LogP contribution in [0.15, 0.2) is 48.2 Å². The first kappa shape index (κ1) is 14.0. The van der Waals surface area contributed by atoms with Crippen molar-refractivity contribution in [2.75, 3.05) is 11.7 Å². The number of anilines is 1. The molecule has 2 heterocycles. The lowest BCUT2D eigenvalue weighted by molar-refractivity contribution is -0.114. The van der Waals surface area contributed by atoms with E-state index >= 15 is 0 Å². The van der Waals surface area contributed by atoms with Gasteiger partial charge in [-0.15, -0.1) is 0 Å². The van der Waals surface area contributed by atoms with Gasteiger partial charge in [0.2, 0.25) is 6.79 Å². The molecular weight excluding hydrogens is 318 g/mol. The van der Waals surface area contributed by atoms with Gasteiger partial charge in [-0.1, -0.05) is 23.7 Å². The minimum absolute atomic E-state index is 0.130. The molecular formula is C17H11ClNO4. The molecule has 0 saturated carbocycles. The van der Waals surface area contributed by atoms with Crippen molar-refractivity contribution in [1.82, 2.24) is 0 Å². The van der Waals surface area contributed by atoms with Gasteiger partial charge in [0, 0.05) is 16.8 Å². The van der Waals surface area contributed by atoms with Crippen molar-refractivity contribution in [3.8, 4) is 11.5 Å². The highest BCUT2D eigenvalue weighted by molar-refractivity contribution is 6.30. The Labute approximate surface area is 137 Å². The zero-order valence-corrected chi connectivity index (χ0v) is 12.6. The smallest absolute Gasteiger partial charge is 0.263 e. The van der Waals surface area contributed by atoms with Crippen LogP contribution >= 0.6 is 11.6 Å². The van der Waals surface area contributed by atoms with E-state index < -0.39 is 11.9 Å². The summed E-state index contributed by atoms with van der Waals surface area (Å²) in [4.78, 5) is 13.7. The van der Waals surface area contributed by atoms with Crippen molar-refractivity contribution in [2.24, 2.45) is 0 Å². The summed E-state index contributed by atoms with van der Waals surface area (Å²) in [6.45, 7) is 0.156. The van der Waals surface area contributed by atoms with Gasteiger partial charge in [-0.2, -0.15) is 0 Å². The van der Waals surface area contributed by atoms with Gasteiger partial charge >= 0.3 is 0 Å². The zero-order chi connectivity index (χ0) is 16.0. The highest BCUT2D eigenvalue weighted by Crippen LogP contribution is 2.41. The van der Waals surface area contributed by atoms with Crippen LogP contribution in [-0.4, -0.2) is 17.8 Å². The lowest BCUT2D eigenvalue weighted by Crippen LogP contribution is -2.29. The number of hydrogen-bond acceptors (Lipinski definition) is 4. The molecule has 2 aromatic carbocycles. The summed E-state index contributed by atoms with van der Waals surface area (Å²) in [5, 5.41) is 10.7. The molecule has 1 N–H and O–H groups in total. The van der Waals surface area contributed by atoms with Crippen LogP contribution in [0.4, 0.5) is 5.69 Å². The molecule has 0 fully saturated rings. The van der Waals surface area contributed by atoms with E-state index in [-0.39, 0.29) is 12.6 Å². The van der Waals surface area contributed by atoms with Crippen LogP contribution in [0.5, 0.6) is 11.5 Å². The van der Waals surface area contributed by atoms with Crippen LogP contribution in [0.1, 0.15) is 11.6 Å². The summed E-state index contributed by atoms with van der Waals surface area (Å²) in [5.41, 5.74) is 1.33. The minimum atomic E-state index is -0.639. The molecule has 5 nitrogen and oxygen atoms in total. The van der Waals surface area contributed by atoms with Crippen LogP contribution in [0, 0.1) is 6.08 Å². The number of benzene rings is 2. The van der Waals surface area contributed by atoms with Crippen LogP contribution in [0.2, 0.25) is 5.02 Å². The number of hydrogen-bond donors (Lipinski definition) is 1. The monoisotopic (exact) mass is 328 g/mol. The molecule has 0 aliphatic carbocycles. The minimum Gasteiger partial charge on any atom is -0.509 e. The molecule has 0 bridgehead atoms.